The van der Waals surface area contributed by atoms with Crippen LogP contribution in [0.5, 0.6) is 0 Å². The molecular weight excluding hydrogens is 272 g/mol. The number of unbranched alkanes of at least 4 members (excludes halogenated alkanes) is 4. The first-order chi connectivity index (χ1) is 10.8. The molecule has 0 radical (unpaired) electrons. The Labute approximate surface area is 135 Å². The van der Waals surface area contributed by atoms with E-state index >= 15 is 0 Å². The first-order valence-electron chi connectivity index (χ1n) is 8.94. The fourth-order valence-corrected chi connectivity index (χ4v) is 3.55. The molecule has 0 aromatic heterocycles. The summed E-state index contributed by atoms with van der Waals surface area (Å²) in [5, 5.41) is 6.89. The molecule has 0 spiro atoms. The molecule has 0 atom stereocenters. The van der Waals surface area contributed by atoms with E-state index in [0.717, 1.165) is 11.8 Å². The van der Waals surface area contributed by atoms with Crippen molar-refractivity contribution in [2.24, 2.45) is 5.92 Å². The molecular formula is C20H32O2. The minimum absolute atomic E-state index is 0.250. The summed E-state index contributed by atoms with van der Waals surface area (Å²) >= 11 is 0. The number of benzene rings is 1. The van der Waals surface area contributed by atoms with E-state index < -0.39 is 0 Å². The van der Waals surface area contributed by atoms with E-state index in [4.69, 9.17) is 9.90 Å². The molecule has 2 heteroatoms. The zero-order valence-corrected chi connectivity index (χ0v) is 14.0. The van der Waals surface area contributed by atoms with E-state index in [1.54, 1.807) is 5.56 Å². The van der Waals surface area contributed by atoms with Gasteiger partial charge >= 0.3 is 0 Å². The third-order valence-electron chi connectivity index (χ3n) is 4.83. The van der Waals surface area contributed by atoms with Crippen LogP contribution < -0.4 is 0 Å². The predicted octanol–water partition coefficient (Wildman–Crippen LogP) is 6.02. The SMILES string of the molecule is CCCCCCCC1CCC(c2ccccc2)CC1.O=CO. The first-order valence-corrected chi connectivity index (χ1v) is 8.94. The Morgan fingerprint density at radius 1 is 1.00 bits per heavy atom. The highest BCUT2D eigenvalue weighted by atomic mass is 16.3. The van der Waals surface area contributed by atoms with Crippen molar-refractivity contribution >= 4 is 6.47 Å². The molecule has 1 aromatic carbocycles. The number of rotatable bonds is 7. The van der Waals surface area contributed by atoms with Crippen LogP contribution in [-0.2, 0) is 4.79 Å². The van der Waals surface area contributed by atoms with E-state index in [1.807, 2.05) is 0 Å². The Morgan fingerprint density at radius 2 is 1.59 bits per heavy atom. The predicted molar refractivity (Wildman–Crippen MR) is 93.2 cm³/mol. The van der Waals surface area contributed by atoms with Crippen molar-refractivity contribution in [1.29, 1.82) is 0 Å². The van der Waals surface area contributed by atoms with Gasteiger partial charge in [0.25, 0.3) is 6.47 Å². The lowest BCUT2D eigenvalue weighted by molar-refractivity contribution is -0.122. The zero-order chi connectivity index (χ0) is 16.0. The van der Waals surface area contributed by atoms with E-state index in [-0.39, 0.29) is 6.47 Å². The molecule has 1 fully saturated rings. The van der Waals surface area contributed by atoms with Crippen LogP contribution in [0.25, 0.3) is 0 Å². The van der Waals surface area contributed by atoms with Crippen molar-refractivity contribution < 1.29 is 9.90 Å². The molecule has 1 N–H and O–H groups in total. The van der Waals surface area contributed by atoms with Crippen molar-refractivity contribution in [1.82, 2.24) is 0 Å². The van der Waals surface area contributed by atoms with Gasteiger partial charge in [-0.1, -0.05) is 75.8 Å². The molecule has 0 amide bonds. The Morgan fingerprint density at radius 3 is 2.18 bits per heavy atom. The molecule has 2 rings (SSSR count). The molecule has 0 heterocycles. The van der Waals surface area contributed by atoms with Crippen LogP contribution in [0, 0.1) is 5.92 Å². The number of hydrogen-bond donors (Lipinski definition) is 1. The molecule has 1 saturated carbocycles. The summed E-state index contributed by atoms with van der Waals surface area (Å²) in [5.41, 5.74) is 1.57. The van der Waals surface area contributed by atoms with Crippen molar-refractivity contribution in [3.8, 4) is 0 Å². The van der Waals surface area contributed by atoms with E-state index in [9.17, 15) is 0 Å². The van der Waals surface area contributed by atoms with Crippen LogP contribution in [0.1, 0.15) is 82.6 Å². The highest BCUT2D eigenvalue weighted by Crippen LogP contribution is 2.37. The lowest BCUT2D eigenvalue weighted by Gasteiger charge is -2.28. The van der Waals surface area contributed by atoms with E-state index in [0.29, 0.717) is 0 Å². The summed E-state index contributed by atoms with van der Waals surface area (Å²) in [4.78, 5) is 8.36. The van der Waals surface area contributed by atoms with Gasteiger partial charge in [0.05, 0.1) is 0 Å². The van der Waals surface area contributed by atoms with Crippen molar-refractivity contribution in [3.05, 3.63) is 35.9 Å². The number of carboxylic acid groups (broad SMARTS) is 1. The van der Waals surface area contributed by atoms with Gasteiger partial charge in [0.2, 0.25) is 0 Å². The minimum Gasteiger partial charge on any atom is -0.483 e. The van der Waals surface area contributed by atoms with E-state index in [1.165, 1.54) is 64.2 Å². The van der Waals surface area contributed by atoms with Crippen LogP contribution in [0.15, 0.2) is 30.3 Å². The fraction of sp³-hybridized carbons (Fsp3) is 0.650. The molecule has 22 heavy (non-hydrogen) atoms. The second-order valence-corrected chi connectivity index (χ2v) is 6.44. The molecule has 2 nitrogen and oxygen atoms in total. The molecule has 124 valence electrons. The van der Waals surface area contributed by atoms with E-state index in [2.05, 4.69) is 37.3 Å². The van der Waals surface area contributed by atoms with Crippen molar-refractivity contribution in [2.45, 2.75) is 77.0 Å². The highest BCUT2D eigenvalue weighted by molar-refractivity contribution is 5.32. The summed E-state index contributed by atoms with van der Waals surface area (Å²) in [6, 6.07) is 11.1. The van der Waals surface area contributed by atoms with Gasteiger partial charge in [0.1, 0.15) is 0 Å². The van der Waals surface area contributed by atoms with Crippen LogP contribution in [-0.4, -0.2) is 11.6 Å². The molecule has 0 unspecified atom stereocenters. The standard InChI is InChI=1S/C19H30.CH2O2/c1-2-3-4-5-7-10-17-13-15-19(16-14-17)18-11-8-6-9-12-18;2-1-3/h6,8-9,11-12,17,19H,2-5,7,10,13-16H2,1H3;1H,(H,2,3). The van der Waals surface area contributed by atoms with Gasteiger partial charge in [-0.2, -0.15) is 0 Å². The van der Waals surface area contributed by atoms with Gasteiger partial charge in [0, 0.05) is 0 Å². The summed E-state index contributed by atoms with van der Waals surface area (Å²) in [7, 11) is 0. The lowest BCUT2D eigenvalue weighted by Crippen LogP contribution is -2.13. The summed E-state index contributed by atoms with van der Waals surface area (Å²) in [6.45, 7) is 2.05. The Hall–Kier alpha value is -1.31. The normalized spacial score (nSPS) is 20.8. The Kier molecular flexibility index (Phi) is 10.4. The topological polar surface area (TPSA) is 37.3 Å². The fourth-order valence-electron chi connectivity index (χ4n) is 3.55. The maximum absolute atomic E-state index is 8.36. The van der Waals surface area contributed by atoms with Gasteiger partial charge in [0.15, 0.2) is 0 Å². The van der Waals surface area contributed by atoms with Gasteiger partial charge in [-0.25, -0.2) is 0 Å². The Balaban J connectivity index is 0.000000745. The molecule has 1 aliphatic carbocycles. The van der Waals surface area contributed by atoms with Crippen molar-refractivity contribution in [2.75, 3.05) is 0 Å². The molecule has 1 aliphatic rings. The second kappa shape index (κ2) is 12.3. The van der Waals surface area contributed by atoms with Crippen LogP contribution in [0.3, 0.4) is 0 Å². The van der Waals surface area contributed by atoms with Gasteiger partial charge in [-0.05, 0) is 43.1 Å². The average molecular weight is 304 g/mol. The highest BCUT2D eigenvalue weighted by Gasteiger charge is 2.21. The largest absolute Gasteiger partial charge is 0.483 e. The van der Waals surface area contributed by atoms with Gasteiger partial charge in [-0.3, -0.25) is 4.79 Å². The zero-order valence-electron chi connectivity index (χ0n) is 14.0. The first kappa shape index (κ1) is 18.7. The maximum atomic E-state index is 8.36. The lowest BCUT2D eigenvalue weighted by atomic mass is 9.77. The second-order valence-electron chi connectivity index (χ2n) is 6.44. The summed E-state index contributed by atoms with van der Waals surface area (Å²) in [5.74, 6) is 1.87. The van der Waals surface area contributed by atoms with Crippen LogP contribution >= 0.6 is 0 Å². The molecule has 0 saturated heterocycles. The monoisotopic (exact) mass is 304 g/mol. The third-order valence-corrected chi connectivity index (χ3v) is 4.83. The molecule has 1 aromatic rings. The minimum atomic E-state index is -0.250. The van der Waals surface area contributed by atoms with Crippen LogP contribution in [0.4, 0.5) is 0 Å². The molecule has 0 aliphatic heterocycles. The Bertz CT molecular complexity index is 367. The van der Waals surface area contributed by atoms with Crippen molar-refractivity contribution in [3.63, 3.8) is 0 Å². The third kappa shape index (κ3) is 7.63. The summed E-state index contributed by atoms with van der Waals surface area (Å²) < 4.78 is 0. The smallest absolute Gasteiger partial charge is 0.290 e. The van der Waals surface area contributed by atoms with Crippen LogP contribution in [0.2, 0.25) is 0 Å². The maximum Gasteiger partial charge on any atom is 0.290 e. The summed E-state index contributed by atoms with van der Waals surface area (Å²) in [6.07, 6.45) is 14.4. The molecule has 0 bridgehead atoms. The number of carbonyl (C=O) groups is 1. The van der Waals surface area contributed by atoms with Gasteiger partial charge in [-0.15, -0.1) is 0 Å². The average Bonchev–Trinajstić information content (AvgIpc) is 2.57. The van der Waals surface area contributed by atoms with Gasteiger partial charge < -0.3 is 5.11 Å². The number of hydrogen-bond acceptors (Lipinski definition) is 1. The quantitative estimate of drug-likeness (QED) is 0.494.